The minimum atomic E-state index is 0.318. The number of nitrogen functional groups attached to an aromatic ring is 1. The third-order valence-electron chi connectivity index (χ3n) is 2.45. The monoisotopic (exact) mass is 249 g/mol. The molecule has 0 atom stereocenters. The van der Waals surface area contributed by atoms with Gasteiger partial charge in [-0.15, -0.1) is 0 Å². The van der Waals surface area contributed by atoms with Crippen LogP contribution in [0.1, 0.15) is 26.3 Å². The summed E-state index contributed by atoms with van der Waals surface area (Å²) in [7, 11) is 0. The molecule has 92 valence electrons. The Hall–Kier alpha value is -1.13. The van der Waals surface area contributed by atoms with Gasteiger partial charge in [0.25, 0.3) is 0 Å². The molecule has 0 unspecified atom stereocenters. The second-order valence-corrected chi connectivity index (χ2v) is 6.58. The zero-order valence-electron chi connectivity index (χ0n) is 10.6. The van der Waals surface area contributed by atoms with Gasteiger partial charge in [-0.25, -0.2) is 4.98 Å². The Balaban J connectivity index is 2.04. The standard InChI is InChI=1S/C13H19N3S/c1-13(2,3)8-15-7-9-4-5-10-11(6-9)17-12(14)16-10/h4-6,15H,7-8H2,1-3H3,(H2,14,16). The largest absolute Gasteiger partial charge is 0.375 e. The number of nitrogens with zero attached hydrogens (tertiary/aromatic N) is 1. The van der Waals surface area contributed by atoms with Crippen molar-refractivity contribution >= 4 is 26.7 Å². The minimum Gasteiger partial charge on any atom is -0.375 e. The molecular weight excluding hydrogens is 230 g/mol. The molecule has 0 saturated carbocycles. The maximum Gasteiger partial charge on any atom is 0.181 e. The van der Waals surface area contributed by atoms with Gasteiger partial charge in [0.15, 0.2) is 5.13 Å². The van der Waals surface area contributed by atoms with Crippen LogP contribution in [0.3, 0.4) is 0 Å². The molecule has 1 heterocycles. The van der Waals surface area contributed by atoms with E-state index in [1.807, 2.05) is 6.07 Å². The molecule has 0 amide bonds. The van der Waals surface area contributed by atoms with E-state index in [4.69, 9.17) is 5.73 Å². The summed E-state index contributed by atoms with van der Waals surface area (Å²) < 4.78 is 1.16. The van der Waals surface area contributed by atoms with E-state index in [2.05, 4.69) is 43.2 Å². The molecule has 2 rings (SSSR count). The number of nitrogens with one attached hydrogen (secondary N) is 1. The normalized spacial score (nSPS) is 12.2. The maximum absolute atomic E-state index is 5.69. The summed E-state index contributed by atoms with van der Waals surface area (Å²) in [6, 6.07) is 6.31. The molecule has 4 heteroatoms. The fourth-order valence-electron chi connectivity index (χ4n) is 1.68. The first-order valence-electron chi connectivity index (χ1n) is 5.80. The Morgan fingerprint density at radius 3 is 2.82 bits per heavy atom. The van der Waals surface area contributed by atoms with Crippen LogP contribution in [0, 0.1) is 5.41 Å². The lowest BCUT2D eigenvalue weighted by Gasteiger charge is -2.18. The van der Waals surface area contributed by atoms with Gasteiger partial charge in [-0.2, -0.15) is 0 Å². The number of hydrogen-bond acceptors (Lipinski definition) is 4. The molecule has 3 nitrogen and oxygen atoms in total. The molecule has 0 spiro atoms. The van der Waals surface area contributed by atoms with Gasteiger partial charge < -0.3 is 11.1 Å². The molecule has 17 heavy (non-hydrogen) atoms. The average molecular weight is 249 g/mol. The van der Waals surface area contributed by atoms with Crippen molar-refractivity contribution in [3.63, 3.8) is 0 Å². The Labute approximate surface area is 106 Å². The maximum atomic E-state index is 5.69. The van der Waals surface area contributed by atoms with Crippen molar-refractivity contribution in [3.05, 3.63) is 23.8 Å². The van der Waals surface area contributed by atoms with Gasteiger partial charge in [0, 0.05) is 13.1 Å². The summed E-state index contributed by atoms with van der Waals surface area (Å²) in [6.45, 7) is 8.59. The number of benzene rings is 1. The highest BCUT2D eigenvalue weighted by Crippen LogP contribution is 2.24. The molecule has 0 saturated heterocycles. The average Bonchev–Trinajstić information content (AvgIpc) is 2.55. The van der Waals surface area contributed by atoms with Crippen LogP contribution in [0.5, 0.6) is 0 Å². The van der Waals surface area contributed by atoms with Gasteiger partial charge in [0.05, 0.1) is 10.2 Å². The van der Waals surface area contributed by atoms with Crippen LogP contribution in [-0.4, -0.2) is 11.5 Å². The quantitative estimate of drug-likeness (QED) is 0.879. The van der Waals surface area contributed by atoms with Crippen molar-refractivity contribution in [2.24, 2.45) is 5.41 Å². The van der Waals surface area contributed by atoms with E-state index >= 15 is 0 Å². The van der Waals surface area contributed by atoms with E-state index in [1.54, 1.807) is 11.3 Å². The third-order valence-corrected chi connectivity index (χ3v) is 3.30. The molecule has 1 aromatic carbocycles. The van der Waals surface area contributed by atoms with Crippen molar-refractivity contribution in [1.82, 2.24) is 10.3 Å². The second-order valence-electron chi connectivity index (χ2n) is 5.52. The third kappa shape index (κ3) is 3.41. The first-order valence-corrected chi connectivity index (χ1v) is 6.61. The van der Waals surface area contributed by atoms with Crippen LogP contribution in [0.2, 0.25) is 0 Å². The summed E-state index contributed by atoms with van der Waals surface area (Å²) in [4.78, 5) is 4.25. The summed E-state index contributed by atoms with van der Waals surface area (Å²) in [5.74, 6) is 0. The summed E-state index contributed by atoms with van der Waals surface area (Å²) >= 11 is 1.54. The van der Waals surface area contributed by atoms with Crippen LogP contribution in [0.25, 0.3) is 10.2 Å². The lowest BCUT2D eigenvalue weighted by Crippen LogP contribution is -2.26. The number of thiazole rings is 1. The predicted octanol–water partition coefficient (Wildman–Crippen LogP) is 3.01. The highest BCUT2D eigenvalue weighted by Gasteiger charge is 2.09. The number of fused-ring (bicyclic) bond motifs is 1. The van der Waals surface area contributed by atoms with E-state index in [1.165, 1.54) is 5.56 Å². The van der Waals surface area contributed by atoms with Gasteiger partial charge in [-0.3, -0.25) is 0 Å². The zero-order chi connectivity index (χ0) is 12.5. The number of anilines is 1. The van der Waals surface area contributed by atoms with Gasteiger partial charge in [-0.05, 0) is 23.1 Å². The SMILES string of the molecule is CC(C)(C)CNCc1ccc2nc(N)sc2c1. The van der Waals surface area contributed by atoms with E-state index in [0.717, 1.165) is 23.3 Å². The first kappa shape index (κ1) is 12.3. The summed E-state index contributed by atoms with van der Waals surface area (Å²) in [6.07, 6.45) is 0. The van der Waals surface area contributed by atoms with Crippen LogP contribution in [-0.2, 0) is 6.54 Å². The second kappa shape index (κ2) is 4.63. The van der Waals surface area contributed by atoms with E-state index in [-0.39, 0.29) is 0 Å². The predicted molar refractivity (Wildman–Crippen MR) is 75.2 cm³/mol. The van der Waals surface area contributed by atoms with Gasteiger partial charge >= 0.3 is 0 Å². The van der Waals surface area contributed by atoms with Crippen molar-refractivity contribution < 1.29 is 0 Å². The number of rotatable bonds is 3. The highest BCUT2D eigenvalue weighted by atomic mass is 32.1. The van der Waals surface area contributed by atoms with Crippen molar-refractivity contribution in [3.8, 4) is 0 Å². The first-order chi connectivity index (χ1) is 7.94. The molecule has 3 N–H and O–H groups in total. The molecular formula is C13H19N3S. The lowest BCUT2D eigenvalue weighted by atomic mass is 9.97. The van der Waals surface area contributed by atoms with E-state index in [0.29, 0.717) is 10.5 Å². The van der Waals surface area contributed by atoms with Crippen molar-refractivity contribution in [2.45, 2.75) is 27.3 Å². The molecule has 0 aliphatic rings. The molecule has 0 radical (unpaired) electrons. The number of hydrogen-bond donors (Lipinski definition) is 2. The van der Waals surface area contributed by atoms with Crippen LogP contribution in [0.4, 0.5) is 5.13 Å². The van der Waals surface area contributed by atoms with E-state index in [9.17, 15) is 0 Å². The van der Waals surface area contributed by atoms with E-state index < -0.39 is 0 Å². The molecule has 0 fully saturated rings. The van der Waals surface area contributed by atoms with Gasteiger partial charge in [0.2, 0.25) is 0 Å². The van der Waals surface area contributed by atoms with Crippen LogP contribution >= 0.6 is 11.3 Å². The van der Waals surface area contributed by atoms with Crippen molar-refractivity contribution in [1.29, 1.82) is 0 Å². The zero-order valence-corrected chi connectivity index (χ0v) is 11.4. The molecule has 0 aliphatic carbocycles. The molecule has 0 aliphatic heterocycles. The summed E-state index contributed by atoms with van der Waals surface area (Å²) in [5, 5.41) is 4.10. The van der Waals surface area contributed by atoms with Gasteiger partial charge in [-0.1, -0.05) is 38.2 Å². The Bertz CT molecular complexity index is 511. The smallest absolute Gasteiger partial charge is 0.181 e. The fraction of sp³-hybridized carbons (Fsp3) is 0.462. The minimum absolute atomic E-state index is 0.318. The highest BCUT2D eigenvalue weighted by molar-refractivity contribution is 7.22. The fourth-order valence-corrected chi connectivity index (χ4v) is 2.48. The van der Waals surface area contributed by atoms with Gasteiger partial charge in [0.1, 0.15) is 0 Å². The van der Waals surface area contributed by atoms with Crippen LogP contribution in [0.15, 0.2) is 18.2 Å². The Morgan fingerprint density at radius 2 is 2.12 bits per heavy atom. The van der Waals surface area contributed by atoms with Crippen molar-refractivity contribution in [2.75, 3.05) is 12.3 Å². The van der Waals surface area contributed by atoms with Crippen LogP contribution < -0.4 is 11.1 Å². The number of nitrogens with two attached hydrogens (primary N) is 1. The lowest BCUT2D eigenvalue weighted by molar-refractivity contribution is 0.379. The molecule has 0 bridgehead atoms. The summed E-state index contributed by atoms with van der Waals surface area (Å²) in [5.41, 5.74) is 8.28. The molecule has 2 aromatic rings. The Kier molecular flexibility index (Phi) is 3.35. The number of aromatic nitrogens is 1. The Morgan fingerprint density at radius 1 is 1.35 bits per heavy atom. The molecule has 1 aromatic heterocycles. The topological polar surface area (TPSA) is 50.9 Å².